The highest BCUT2D eigenvalue weighted by Crippen LogP contribution is 2.38. The third-order valence-electron chi connectivity index (χ3n) is 6.03. The molecule has 0 amide bonds. The maximum absolute atomic E-state index is 13.4. The van der Waals surface area contributed by atoms with E-state index in [1.807, 2.05) is 4.81 Å². The minimum Gasteiger partial charge on any atom is -0.437 e. The van der Waals surface area contributed by atoms with Crippen LogP contribution in [0, 0.1) is 5.82 Å². The van der Waals surface area contributed by atoms with E-state index in [9.17, 15) is 35.8 Å². The van der Waals surface area contributed by atoms with Gasteiger partial charge in [0.2, 0.25) is 0 Å². The molecule has 1 fully saturated rings. The molecule has 0 aromatic heterocycles. The summed E-state index contributed by atoms with van der Waals surface area (Å²) in [6, 6.07) is 7.16. The van der Waals surface area contributed by atoms with Crippen molar-refractivity contribution in [3.05, 3.63) is 70.5 Å². The molecule has 0 unspecified atom stereocenters. The summed E-state index contributed by atoms with van der Waals surface area (Å²) >= 11 is 0. The average Bonchev–Trinajstić information content (AvgIpc) is 2.73. The summed E-state index contributed by atoms with van der Waals surface area (Å²) in [7, 11) is -0.664. The number of benzene rings is 2. The Morgan fingerprint density at radius 1 is 0.939 bits per heavy atom. The van der Waals surface area contributed by atoms with E-state index >= 15 is 0 Å². The zero-order valence-electron chi connectivity index (χ0n) is 17.8. The third-order valence-corrected chi connectivity index (χ3v) is 6.03. The summed E-state index contributed by atoms with van der Waals surface area (Å²) in [5.74, 6) is -0.431. The number of ether oxygens (including phenoxy) is 1. The molecule has 1 heterocycles. The monoisotopic (exact) mass is 477 g/mol. The molecular formula is C22H23BF7NO2. The number of rotatable bonds is 6. The van der Waals surface area contributed by atoms with Crippen LogP contribution in [-0.4, -0.2) is 36.6 Å². The molecule has 1 aliphatic heterocycles. The maximum atomic E-state index is 13.4. The van der Waals surface area contributed by atoms with Crippen LogP contribution in [0.15, 0.2) is 42.5 Å². The van der Waals surface area contributed by atoms with Crippen molar-refractivity contribution in [2.45, 2.75) is 44.0 Å². The van der Waals surface area contributed by atoms with E-state index in [-0.39, 0.29) is 18.2 Å². The number of hydrogen-bond donors (Lipinski definition) is 1. The molecule has 2 aromatic carbocycles. The van der Waals surface area contributed by atoms with Crippen molar-refractivity contribution in [3.8, 4) is 0 Å². The van der Waals surface area contributed by atoms with Crippen molar-refractivity contribution in [1.82, 2.24) is 4.81 Å². The van der Waals surface area contributed by atoms with Gasteiger partial charge >= 0.3 is 19.4 Å². The highest BCUT2D eigenvalue weighted by Gasteiger charge is 2.39. The zero-order chi connectivity index (χ0) is 24.4. The highest BCUT2D eigenvalue weighted by molar-refractivity contribution is 6.45. The molecule has 0 radical (unpaired) electrons. The van der Waals surface area contributed by atoms with Crippen LogP contribution < -0.4 is 0 Å². The Morgan fingerprint density at radius 3 is 1.91 bits per heavy atom. The fourth-order valence-electron chi connectivity index (χ4n) is 4.11. The Balaban J connectivity index is 1.81. The summed E-state index contributed by atoms with van der Waals surface area (Å²) in [5, 5.41) is 9.82. The second-order valence-corrected chi connectivity index (χ2v) is 8.36. The van der Waals surface area contributed by atoms with E-state index in [1.54, 1.807) is 19.0 Å². The van der Waals surface area contributed by atoms with Crippen molar-refractivity contribution in [2.75, 3.05) is 19.7 Å². The van der Waals surface area contributed by atoms with Gasteiger partial charge in [0.05, 0.1) is 24.3 Å². The molecule has 1 aliphatic rings. The van der Waals surface area contributed by atoms with Crippen LogP contribution in [0.4, 0.5) is 30.7 Å². The molecule has 1 N–H and O–H groups in total. The number of alkyl halides is 6. The normalized spacial score (nSPS) is 17.2. The van der Waals surface area contributed by atoms with Crippen molar-refractivity contribution >= 4 is 7.05 Å². The lowest BCUT2D eigenvalue weighted by Crippen LogP contribution is -2.49. The minimum atomic E-state index is -4.93. The molecule has 180 valence electrons. The number of halogens is 7. The predicted molar refractivity (Wildman–Crippen MR) is 109 cm³/mol. The summed E-state index contributed by atoms with van der Waals surface area (Å²) in [5.41, 5.74) is -2.89. The van der Waals surface area contributed by atoms with Gasteiger partial charge in [-0.3, -0.25) is 0 Å². The van der Waals surface area contributed by atoms with Crippen molar-refractivity contribution < 1.29 is 40.5 Å². The van der Waals surface area contributed by atoms with Crippen molar-refractivity contribution in [1.29, 1.82) is 0 Å². The Hall–Kier alpha value is -2.11. The Bertz CT molecular complexity index is 905. The minimum absolute atomic E-state index is 0.0177. The molecule has 0 aliphatic carbocycles. The first kappa shape index (κ1) is 25.5. The first-order chi connectivity index (χ1) is 15.3. The summed E-state index contributed by atoms with van der Waals surface area (Å²) in [6.07, 6.45) is -8.84. The van der Waals surface area contributed by atoms with Gasteiger partial charge in [0, 0.05) is 5.41 Å². The van der Waals surface area contributed by atoms with Crippen molar-refractivity contribution in [3.63, 3.8) is 0 Å². The van der Waals surface area contributed by atoms with Crippen LogP contribution in [0.3, 0.4) is 0 Å². The molecule has 3 rings (SSSR count). The molecule has 11 heteroatoms. The molecule has 3 nitrogen and oxygen atoms in total. The predicted octanol–water partition coefficient (Wildman–Crippen LogP) is 5.52. The van der Waals surface area contributed by atoms with Crippen LogP contribution >= 0.6 is 0 Å². The number of nitrogens with zero attached hydrogens (tertiary/aromatic N) is 1. The van der Waals surface area contributed by atoms with Gasteiger partial charge in [-0.05, 0) is 74.2 Å². The van der Waals surface area contributed by atoms with Crippen LogP contribution in [0.2, 0.25) is 6.82 Å². The largest absolute Gasteiger partial charge is 0.437 e. The average molecular weight is 477 g/mol. The Morgan fingerprint density at radius 2 is 1.45 bits per heavy atom. The van der Waals surface area contributed by atoms with Crippen LogP contribution in [-0.2, 0) is 29.1 Å². The summed E-state index contributed by atoms with van der Waals surface area (Å²) in [6.45, 7) is 2.20. The first-order valence-electron chi connectivity index (χ1n) is 10.3. The molecule has 0 spiro atoms. The zero-order valence-corrected chi connectivity index (χ0v) is 17.8. The maximum Gasteiger partial charge on any atom is 0.416 e. The van der Waals surface area contributed by atoms with Crippen LogP contribution in [0.1, 0.15) is 35.1 Å². The van der Waals surface area contributed by atoms with Gasteiger partial charge in [-0.2, -0.15) is 26.3 Å². The molecule has 0 bridgehead atoms. The Kier molecular flexibility index (Phi) is 7.45. The van der Waals surface area contributed by atoms with Crippen LogP contribution in [0.5, 0.6) is 0 Å². The lowest BCUT2D eigenvalue weighted by atomic mass is 9.70. The van der Waals surface area contributed by atoms with E-state index in [4.69, 9.17) is 4.74 Å². The van der Waals surface area contributed by atoms with E-state index in [0.717, 1.165) is 5.56 Å². The Labute approximate surface area is 187 Å². The summed E-state index contributed by atoms with van der Waals surface area (Å²) in [4.78, 5) is 1.84. The van der Waals surface area contributed by atoms with Gasteiger partial charge in [0.15, 0.2) is 0 Å². The molecule has 33 heavy (non-hydrogen) atoms. The van der Waals surface area contributed by atoms with Gasteiger partial charge in [0.25, 0.3) is 0 Å². The van der Waals surface area contributed by atoms with Gasteiger partial charge in [-0.15, -0.1) is 0 Å². The fourth-order valence-corrected chi connectivity index (χ4v) is 4.11. The third kappa shape index (κ3) is 6.27. The SMILES string of the molecule is CB(O)N1CCC(COCc2cc(C(F)(F)F)cc(C(F)(F)F)c2)(c2ccc(F)cc2)CC1. The summed E-state index contributed by atoms with van der Waals surface area (Å²) < 4.78 is 97.7. The molecule has 0 saturated carbocycles. The molecular weight excluding hydrogens is 454 g/mol. The quantitative estimate of drug-likeness (QED) is 0.439. The number of hydrogen-bond acceptors (Lipinski definition) is 3. The highest BCUT2D eigenvalue weighted by atomic mass is 19.4. The van der Waals surface area contributed by atoms with Gasteiger partial charge in [-0.1, -0.05) is 12.1 Å². The van der Waals surface area contributed by atoms with E-state index in [1.165, 1.54) is 12.1 Å². The first-order valence-corrected chi connectivity index (χ1v) is 10.3. The smallest absolute Gasteiger partial charge is 0.416 e. The fraction of sp³-hybridized carbons (Fsp3) is 0.455. The standard InChI is InChI=1S/C22H23BF7NO2/c1-23(32)31-8-6-20(7-9-31,16-2-4-19(24)5-3-16)14-33-13-15-10-17(21(25,26)27)12-18(11-15)22(28,29)30/h2-5,10-12,32H,6-9,13-14H2,1H3. The second-order valence-electron chi connectivity index (χ2n) is 8.36. The van der Waals surface area contributed by atoms with Gasteiger partial charge in [0.1, 0.15) is 5.82 Å². The lowest BCUT2D eigenvalue weighted by molar-refractivity contribution is -0.143. The van der Waals surface area contributed by atoms with E-state index in [0.29, 0.717) is 38.1 Å². The lowest BCUT2D eigenvalue weighted by Gasteiger charge is -2.42. The molecule has 2 aromatic rings. The number of piperidine rings is 1. The van der Waals surface area contributed by atoms with Gasteiger partial charge in [-0.25, -0.2) is 4.39 Å². The van der Waals surface area contributed by atoms with Crippen molar-refractivity contribution in [2.24, 2.45) is 0 Å². The van der Waals surface area contributed by atoms with Crippen LogP contribution in [0.25, 0.3) is 0 Å². The molecule has 1 saturated heterocycles. The molecule has 0 atom stereocenters. The van der Waals surface area contributed by atoms with Gasteiger partial charge < -0.3 is 14.6 Å². The topological polar surface area (TPSA) is 32.7 Å². The van der Waals surface area contributed by atoms with E-state index < -0.39 is 48.4 Å². The second kappa shape index (κ2) is 9.64. The van der Waals surface area contributed by atoms with E-state index in [2.05, 4.69) is 0 Å².